The number of likely N-dealkylation sites (N-methyl/N-ethyl adjacent to an activating group) is 1. The molecule has 1 fully saturated rings. The lowest BCUT2D eigenvalue weighted by molar-refractivity contribution is -0.126. The van der Waals surface area contributed by atoms with Crippen LogP contribution in [0.1, 0.15) is 6.42 Å². The van der Waals surface area contributed by atoms with Crippen molar-refractivity contribution in [3.8, 4) is 0 Å². The summed E-state index contributed by atoms with van der Waals surface area (Å²) >= 11 is 0. The van der Waals surface area contributed by atoms with E-state index < -0.39 is 0 Å². The molecular formula is C9H18N2O2. The smallest absolute Gasteiger partial charge is 0.220 e. The first-order valence-corrected chi connectivity index (χ1v) is 4.67. The van der Waals surface area contributed by atoms with E-state index in [2.05, 4.69) is 5.32 Å². The molecule has 0 unspecified atom stereocenters. The van der Waals surface area contributed by atoms with Gasteiger partial charge in [0, 0.05) is 25.4 Å². The van der Waals surface area contributed by atoms with Gasteiger partial charge in [-0.05, 0) is 14.1 Å². The number of carbonyl (C=O) groups is 1. The highest BCUT2D eigenvalue weighted by atomic mass is 16.5. The first-order valence-electron chi connectivity index (χ1n) is 4.67. The van der Waals surface area contributed by atoms with Gasteiger partial charge in [0.15, 0.2) is 0 Å². The highest BCUT2D eigenvalue weighted by Gasteiger charge is 2.21. The van der Waals surface area contributed by atoms with E-state index in [9.17, 15) is 4.79 Å². The zero-order chi connectivity index (χ0) is 9.68. The Bertz CT molecular complexity index is 167. The van der Waals surface area contributed by atoms with Crippen LogP contribution < -0.4 is 5.32 Å². The number of ether oxygens (including phenoxy) is 1. The van der Waals surface area contributed by atoms with Crippen molar-refractivity contribution in [3.63, 3.8) is 0 Å². The quantitative estimate of drug-likeness (QED) is 0.641. The molecule has 0 spiro atoms. The minimum Gasteiger partial charge on any atom is -0.381 e. The fourth-order valence-electron chi connectivity index (χ4n) is 1.16. The minimum absolute atomic E-state index is 0.148. The van der Waals surface area contributed by atoms with E-state index >= 15 is 0 Å². The monoisotopic (exact) mass is 186 g/mol. The van der Waals surface area contributed by atoms with E-state index in [1.54, 1.807) is 0 Å². The summed E-state index contributed by atoms with van der Waals surface area (Å²) < 4.78 is 4.99. The standard InChI is InChI=1S/C9H18N2O2/c1-11(2)4-3-10-9(12)5-8-6-13-7-8/h8H,3-7H2,1-2H3,(H,10,12). The Morgan fingerprint density at radius 3 is 2.69 bits per heavy atom. The van der Waals surface area contributed by atoms with Crippen LogP contribution in [0.5, 0.6) is 0 Å². The Morgan fingerprint density at radius 1 is 1.54 bits per heavy atom. The van der Waals surface area contributed by atoms with Crippen LogP contribution in [0.3, 0.4) is 0 Å². The van der Waals surface area contributed by atoms with Gasteiger partial charge in [-0.1, -0.05) is 0 Å². The highest BCUT2D eigenvalue weighted by molar-refractivity contribution is 5.76. The first kappa shape index (κ1) is 10.5. The molecule has 0 aromatic rings. The summed E-state index contributed by atoms with van der Waals surface area (Å²) in [6.45, 7) is 3.13. The molecule has 0 aliphatic carbocycles. The van der Waals surface area contributed by atoms with E-state index in [0.717, 1.165) is 26.3 Å². The van der Waals surface area contributed by atoms with Gasteiger partial charge in [0.25, 0.3) is 0 Å². The van der Waals surface area contributed by atoms with Crippen LogP contribution >= 0.6 is 0 Å². The van der Waals surface area contributed by atoms with Gasteiger partial charge in [0.05, 0.1) is 13.2 Å². The molecule has 1 saturated heterocycles. The Morgan fingerprint density at radius 2 is 2.23 bits per heavy atom. The fourth-order valence-corrected chi connectivity index (χ4v) is 1.16. The molecule has 0 bridgehead atoms. The van der Waals surface area contributed by atoms with Crippen molar-refractivity contribution < 1.29 is 9.53 Å². The van der Waals surface area contributed by atoms with Crippen LogP contribution in [-0.2, 0) is 9.53 Å². The summed E-state index contributed by atoms with van der Waals surface area (Å²) in [7, 11) is 3.98. The molecule has 0 saturated carbocycles. The van der Waals surface area contributed by atoms with Crippen molar-refractivity contribution in [2.24, 2.45) is 5.92 Å². The van der Waals surface area contributed by atoms with Crippen molar-refractivity contribution in [1.82, 2.24) is 10.2 Å². The summed E-state index contributed by atoms with van der Waals surface area (Å²) in [5, 5.41) is 2.88. The highest BCUT2D eigenvalue weighted by Crippen LogP contribution is 2.13. The predicted molar refractivity (Wildman–Crippen MR) is 50.5 cm³/mol. The molecule has 0 aromatic heterocycles. The van der Waals surface area contributed by atoms with Crippen molar-refractivity contribution in [2.45, 2.75) is 6.42 Å². The third-order valence-electron chi connectivity index (χ3n) is 2.06. The molecule has 0 atom stereocenters. The number of amides is 1. The topological polar surface area (TPSA) is 41.6 Å². The summed E-state index contributed by atoms with van der Waals surface area (Å²) in [4.78, 5) is 13.3. The molecule has 76 valence electrons. The van der Waals surface area contributed by atoms with Crippen molar-refractivity contribution in [3.05, 3.63) is 0 Å². The van der Waals surface area contributed by atoms with E-state index in [1.165, 1.54) is 0 Å². The Hall–Kier alpha value is -0.610. The maximum absolute atomic E-state index is 11.2. The van der Waals surface area contributed by atoms with Crippen molar-refractivity contribution >= 4 is 5.91 Å². The third kappa shape index (κ3) is 4.24. The first-order chi connectivity index (χ1) is 6.18. The fraction of sp³-hybridized carbons (Fsp3) is 0.889. The van der Waals surface area contributed by atoms with Crippen molar-refractivity contribution in [1.29, 1.82) is 0 Å². The molecule has 1 aliphatic heterocycles. The van der Waals surface area contributed by atoms with Gasteiger partial charge in [0.2, 0.25) is 5.91 Å². The summed E-state index contributed by atoms with van der Waals surface area (Å²) in [6, 6.07) is 0. The number of hydrogen-bond acceptors (Lipinski definition) is 3. The molecule has 1 N–H and O–H groups in total. The average molecular weight is 186 g/mol. The van der Waals surface area contributed by atoms with Gasteiger partial charge < -0.3 is 15.0 Å². The second-order valence-corrected chi connectivity index (χ2v) is 3.76. The molecule has 4 nitrogen and oxygen atoms in total. The largest absolute Gasteiger partial charge is 0.381 e. The Balaban J connectivity index is 1.97. The van der Waals surface area contributed by atoms with E-state index in [-0.39, 0.29) is 5.91 Å². The zero-order valence-electron chi connectivity index (χ0n) is 8.38. The van der Waals surface area contributed by atoms with Crippen LogP contribution in [0.4, 0.5) is 0 Å². The van der Waals surface area contributed by atoms with Gasteiger partial charge >= 0.3 is 0 Å². The number of nitrogens with zero attached hydrogens (tertiary/aromatic N) is 1. The average Bonchev–Trinajstić information content (AvgIpc) is 1.96. The number of hydrogen-bond donors (Lipinski definition) is 1. The second kappa shape index (κ2) is 5.19. The maximum atomic E-state index is 11.2. The lowest BCUT2D eigenvalue weighted by Crippen LogP contribution is -2.36. The van der Waals surface area contributed by atoms with E-state index in [0.29, 0.717) is 12.3 Å². The van der Waals surface area contributed by atoms with Gasteiger partial charge in [-0.15, -0.1) is 0 Å². The molecule has 0 aromatic carbocycles. The van der Waals surface area contributed by atoms with Gasteiger partial charge in [-0.3, -0.25) is 4.79 Å². The molecule has 0 radical (unpaired) electrons. The van der Waals surface area contributed by atoms with E-state index in [4.69, 9.17) is 4.74 Å². The lowest BCUT2D eigenvalue weighted by Gasteiger charge is -2.25. The van der Waals surface area contributed by atoms with Gasteiger partial charge in [0.1, 0.15) is 0 Å². The van der Waals surface area contributed by atoms with Crippen LogP contribution in [0.25, 0.3) is 0 Å². The van der Waals surface area contributed by atoms with E-state index in [1.807, 2.05) is 19.0 Å². The third-order valence-corrected chi connectivity index (χ3v) is 2.06. The van der Waals surface area contributed by atoms with Crippen molar-refractivity contribution in [2.75, 3.05) is 40.4 Å². The normalized spacial score (nSPS) is 17.2. The predicted octanol–water partition coefficient (Wildman–Crippen LogP) is -0.299. The molecule has 1 heterocycles. The second-order valence-electron chi connectivity index (χ2n) is 3.76. The molecule has 13 heavy (non-hydrogen) atoms. The Kier molecular flexibility index (Phi) is 4.18. The number of rotatable bonds is 5. The molecule has 4 heteroatoms. The summed E-state index contributed by atoms with van der Waals surface area (Å²) in [5.41, 5.74) is 0. The maximum Gasteiger partial charge on any atom is 0.220 e. The SMILES string of the molecule is CN(C)CCNC(=O)CC1COC1. The zero-order valence-corrected chi connectivity index (χ0v) is 8.38. The van der Waals surface area contributed by atoms with Crippen LogP contribution in [0.2, 0.25) is 0 Å². The van der Waals surface area contributed by atoms with Gasteiger partial charge in [-0.2, -0.15) is 0 Å². The lowest BCUT2D eigenvalue weighted by atomic mass is 10.0. The van der Waals surface area contributed by atoms with Crippen LogP contribution in [0.15, 0.2) is 0 Å². The summed E-state index contributed by atoms with van der Waals surface area (Å²) in [5.74, 6) is 0.606. The molecule has 1 rings (SSSR count). The van der Waals surface area contributed by atoms with Gasteiger partial charge in [-0.25, -0.2) is 0 Å². The number of carbonyl (C=O) groups excluding carboxylic acids is 1. The van der Waals surface area contributed by atoms with Crippen LogP contribution in [0, 0.1) is 5.92 Å². The molecule has 1 aliphatic rings. The Labute approximate surface area is 79.2 Å². The molecular weight excluding hydrogens is 168 g/mol. The summed E-state index contributed by atoms with van der Waals surface area (Å²) in [6.07, 6.45) is 0.618. The molecule has 1 amide bonds. The van der Waals surface area contributed by atoms with Crippen LogP contribution in [-0.4, -0.2) is 51.2 Å². The number of nitrogens with one attached hydrogen (secondary N) is 1. The minimum atomic E-state index is 0.148.